The topological polar surface area (TPSA) is 79.3 Å². The molecule has 1 heterocycles. The lowest BCUT2D eigenvalue weighted by Gasteiger charge is -2.10. The molecule has 2 N–H and O–H groups in total. The summed E-state index contributed by atoms with van der Waals surface area (Å²) in [5, 5.41) is 9.96. The van der Waals surface area contributed by atoms with Crippen LogP contribution >= 0.6 is 0 Å². The summed E-state index contributed by atoms with van der Waals surface area (Å²) in [5.41, 5.74) is 0.909. The van der Waals surface area contributed by atoms with Crippen LogP contribution in [0.25, 0.3) is 10.9 Å². The van der Waals surface area contributed by atoms with Gasteiger partial charge in [-0.15, -0.1) is 0 Å². The van der Waals surface area contributed by atoms with E-state index >= 15 is 0 Å². The molecule has 0 bridgehead atoms. The van der Waals surface area contributed by atoms with Crippen LogP contribution in [0.1, 0.15) is 0 Å². The average molecular weight is 300 g/mol. The molecule has 1 aromatic heterocycles. The Bertz CT molecular complexity index is 902. The van der Waals surface area contributed by atoms with Crippen molar-refractivity contribution >= 4 is 26.6 Å². The van der Waals surface area contributed by atoms with Crippen LogP contribution in [-0.4, -0.2) is 18.5 Å². The number of phenols is 1. The summed E-state index contributed by atoms with van der Waals surface area (Å²) in [4.78, 5) is 4.29. The highest BCUT2D eigenvalue weighted by molar-refractivity contribution is 7.93. The largest absolute Gasteiger partial charge is 0.508 e. The second-order valence-electron chi connectivity index (χ2n) is 4.48. The van der Waals surface area contributed by atoms with Crippen molar-refractivity contribution in [3.05, 3.63) is 60.8 Å². The Labute approximate surface area is 121 Å². The molecule has 21 heavy (non-hydrogen) atoms. The highest BCUT2D eigenvalue weighted by atomic mass is 32.2. The SMILES string of the molecule is O=S(=O)(Nc1cccc(O)c1)c1cccc2ncccc12. The van der Waals surface area contributed by atoms with Crippen LogP contribution < -0.4 is 4.72 Å². The molecule has 0 spiro atoms. The number of rotatable bonds is 3. The van der Waals surface area contributed by atoms with Crippen LogP contribution in [0, 0.1) is 0 Å². The molecule has 3 rings (SSSR count). The van der Waals surface area contributed by atoms with Crippen molar-refractivity contribution in [2.45, 2.75) is 4.90 Å². The summed E-state index contributed by atoms with van der Waals surface area (Å²) in [5.74, 6) is -0.00483. The van der Waals surface area contributed by atoms with Crippen LogP contribution in [-0.2, 0) is 10.0 Å². The number of benzene rings is 2. The van der Waals surface area contributed by atoms with E-state index in [1.165, 1.54) is 18.2 Å². The summed E-state index contributed by atoms with van der Waals surface area (Å²) >= 11 is 0. The van der Waals surface area contributed by atoms with Gasteiger partial charge in [-0.1, -0.05) is 12.1 Å². The number of phenolic OH excluding ortho intramolecular Hbond substituents is 1. The van der Waals surface area contributed by atoms with Crippen molar-refractivity contribution in [3.8, 4) is 5.75 Å². The molecule has 0 unspecified atom stereocenters. The van der Waals surface area contributed by atoms with Crippen molar-refractivity contribution in [2.24, 2.45) is 0 Å². The van der Waals surface area contributed by atoms with Gasteiger partial charge in [-0.25, -0.2) is 8.42 Å². The second-order valence-corrected chi connectivity index (χ2v) is 6.13. The van der Waals surface area contributed by atoms with Gasteiger partial charge in [0.25, 0.3) is 10.0 Å². The molecule has 6 heteroatoms. The van der Waals surface area contributed by atoms with Crippen LogP contribution in [0.2, 0.25) is 0 Å². The Kier molecular flexibility index (Phi) is 3.23. The molecule has 0 aliphatic carbocycles. The molecule has 5 nitrogen and oxygen atoms in total. The first kappa shape index (κ1) is 13.4. The Morgan fingerprint density at radius 3 is 2.62 bits per heavy atom. The number of aromatic hydroxyl groups is 1. The van der Waals surface area contributed by atoms with Gasteiger partial charge in [0.1, 0.15) is 5.75 Å². The first-order valence-corrected chi connectivity index (χ1v) is 7.70. The Morgan fingerprint density at radius 1 is 1.00 bits per heavy atom. The third kappa shape index (κ3) is 2.66. The predicted octanol–water partition coefficient (Wildman–Crippen LogP) is 2.74. The fraction of sp³-hybridized carbons (Fsp3) is 0. The normalized spacial score (nSPS) is 11.4. The number of aromatic nitrogens is 1. The number of sulfonamides is 1. The van der Waals surface area contributed by atoms with Gasteiger partial charge in [0, 0.05) is 17.6 Å². The summed E-state index contributed by atoms with van der Waals surface area (Å²) in [7, 11) is -3.76. The van der Waals surface area contributed by atoms with Crippen molar-refractivity contribution in [3.63, 3.8) is 0 Å². The molecule has 3 aromatic rings. The van der Waals surface area contributed by atoms with Gasteiger partial charge < -0.3 is 5.11 Å². The number of nitrogens with zero attached hydrogens (tertiary/aromatic N) is 1. The quantitative estimate of drug-likeness (QED) is 0.779. The van der Waals surface area contributed by atoms with Crippen LogP contribution in [0.5, 0.6) is 5.75 Å². The number of pyridine rings is 1. The molecular formula is C15H12N2O3S. The lowest BCUT2D eigenvalue weighted by molar-refractivity contribution is 0.475. The molecule has 0 fully saturated rings. The highest BCUT2D eigenvalue weighted by Gasteiger charge is 2.17. The summed E-state index contributed by atoms with van der Waals surface area (Å²) < 4.78 is 27.5. The van der Waals surface area contributed by atoms with Crippen LogP contribution in [0.15, 0.2) is 65.7 Å². The van der Waals surface area contributed by atoms with Gasteiger partial charge in [-0.05, 0) is 36.4 Å². The lowest BCUT2D eigenvalue weighted by atomic mass is 10.2. The number of hydrogen-bond acceptors (Lipinski definition) is 4. The zero-order valence-corrected chi connectivity index (χ0v) is 11.7. The Hall–Kier alpha value is -2.60. The van der Waals surface area contributed by atoms with Crippen molar-refractivity contribution in [1.82, 2.24) is 4.98 Å². The van der Waals surface area contributed by atoms with Gasteiger partial charge in [-0.3, -0.25) is 9.71 Å². The van der Waals surface area contributed by atoms with E-state index in [0.717, 1.165) is 0 Å². The van der Waals surface area contributed by atoms with E-state index in [0.29, 0.717) is 16.6 Å². The molecule has 0 saturated carbocycles. The maximum absolute atomic E-state index is 12.5. The molecule has 0 aliphatic heterocycles. The minimum atomic E-state index is -3.76. The first-order valence-electron chi connectivity index (χ1n) is 6.22. The monoisotopic (exact) mass is 300 g/mol. The van der Waals surface area contributed by atoms with E-state index in [1.807, 2.05) is 0 Å². The van der Waals surface area contributed by atoms with E-state index in [-0.39, 0.29) is 10.6 Å². The smallest absolute Gasteiger partial charge is 0.262 e. The molecule has 106 valence electrons. The van der Waals surface area contributed by atoms with Crippen molar-refractivity contribution in [1.29, 1.82) is 0 Å². The second kappa shape index (κ2) is 5.06. The fourth-order valence-electron chi connectivity index (χ4n) is 2.09. The molecule has 0 atom stereocenters. The third-order valence-corrected chi connectivity index (χ3v) is 4.43. The molecular weight excluding hydrogens is 288 g/mol. The number of nitrogens with one attached hydrogen (secondary N) is 1. The van der Waals surface area contributed by atoms with E-state index in [4.69, 9.17) is 0 Å². The maximum atomic E-state index is 12.5. The van der Waals surface area contributed by atoms with E-state index < -0.39 is 10.0 Å². The summed E-state index contributed by atoms with van der Waals surface area (Å²) in [6.07, 6.45) is 1.61. The predicted molar refractivity (Wildman–Crippen MR) is 80.7 cm³/mol. The highest BCUT2D eigenvalue weighted by Crippen LogP contribution is 2.24. The zero-order chi connectivity index (χ0) is 14.9. The van der Waals surface area contributed by atoms with E-state index in [2.05, 4.69) is 9.71 Å². The van der Waals surface area contributed by atoms with Gasteiger partial charge >= 0.3 is 0 Å². The van der Waals surface area contributed by atoms with Gasteiger partial charge in [0.15, 0.2) is 0 Å². The number of anilines is 1. The van der Waals surface area contributed by atoms with Gasteiger partial charge in [0.05, 0.1) is 16.1 Å². The van der Waals surface area contributed by atoms with Crippen LogP contribution in [0.4, 0.5) is 5.69 Å². The lowest BCUT2D eigenvalue weighted by Crippen LogP contribution is -2.13. The minimum Gasteiger partial charge on any atom is -0.508 e. The average Bonchev–Trinajstić information content (AvgIpc) is 2.46. The van der Waals surface area contributed by atoms with Crippen molar-refractivity contribution in [2.75, 3.05) is 4.72 Å². The standard InChI is InChI=1S/C15H12N2O3S/c18-12-5-1-4-11(10-12)17-21(19,20)15-8-2-7-14-13(15)6-3-9-16-14/h1-10,17-18H. The van der Waals surface area contributed by atoms with Crippen molar-refractivity contribution < 1.29 is 13.5 Å². The van der Waals surface area contributed by atoms with Crippen LogP contribution in [0.3, 0.4) is 0 Å². The number of fused-ring (bicyclic) bond motifs is 1. The molecule has 0 saturated heterocycles. The molecule has 0 amide bonds. The third-order valence-electron chi connectivity index (χ3n) is 2.99. The Morgan fingerprint density at radius 2 is 1.81 bits per heavy atom. The first-order chi connectivity index (χ1) is 10.1. The maximum Gasteiger partial charge on any atom is 0.262 e. The summed E-state index contributed by atoms with van der Waals surface area (Å²) in [6, 6.07) is 14.3. The van der Waals surface area contributed by atoms with Gasteiger partial charge in [-0.2, -0.15) is 0 Å². The van der Waals surface area contributed by atoms with E-state index in [1.54, 1.807) is 42.6 Å². The van der Waals surface area contributed by atoms with E-state index in [9.17, 15) is 13.5 Å². The van der Waals surface area contributed by atoms with Gasteiger partial charge in [0.2, 0.25) is 0 Å². The zero-order valence-electron chi connectivity index (χ0n) is 10.9. The fourth-order valence-corrected chi connectivity index (χ4v) is 3.36. The minimum absolute atomic E-state index is 0.00483. The molecule has 0 aliphatic rings. The number of hydrogen-bond donors (Lipinski definition) is 2. The Balaban J connectivity index is 2.09. The molecule has 0 radical (unpaired) electrons. The molecule has 2 aromatic carbocycles. The summed E-state index contributed by atoms with van der Waals surface area (Å²) in [6.45, 7) is 0.